The van der Waals surface area contributed by atoms with Crippen molar-refractivity contribution in [2.45, 2.75) is 63.6 Å². The molecule has 3 aromatic heterocycles. The summed E-state index contributed by atoms with van der Waals surface area (Å²) in [5, 5.41) is 2.32. The third kappa shape index (κ3) is 2.98. The molecule has 0 spiro atoms. The molecule has 7 rings (SSSR count). The summed E-state index contributed by atoms with van der Waals surface area (Å²) in [5.74, 6) is 0.661. The predicted molar refractivity (Wildman–Crippen MR) is 139 cm³/mol. The Morgan fingerprint density at radius 2 is 2.00 bits per heavy atom. The van der Waals surface area contributed by atoms with Gasteiger partial charge in [-0.2, -0.15) is 0 Å². The topological polar surface area (TPSA) is 114 Å². The predicted octanol–water partition coefficient (Wildman–Crippen LogP) is 5.03. The van der Waals surface area contributed by atoms with Gasteiger partial charge in [0.2, 0.25) is 0 Å². The van der Waals surface area contributed by atoms with Gasteiger partial charge in [0.05, 0.1) is 15.9 Å². The maximum atomic E-state index is 6.80. The van der Waals surface area contributed by atoms with Gasteiger partial charge in [-0.3, -0.25) is 0 Å². The van der Waals surface area contributed by atoms with Crippen molar-refractivity contribution in [2.75, 3.05) is 11.5 Å². The second-order valence-corrected chi connectivity index (χ2v) is 11.5. The number of halogens is 1. The van der Waals surface area contributed by atoms with Crippen LogP contribution in [0.4, 0.5) is 11.6 Å². The standard InChI is InChI=1S/C27H29ClN6O2/c1-25(2)35-24-26(8-5-15-3-4-16-12-19(28)22(30)33-20(16)11-15)9-6-17(26)13-27(24,36-25)34-10-7-18-21(29)31-14-32-23(18)34/h3-4,7,10-12,14,17,24H,5-6,8-9,13H2,1-2H3,(H2,30,33)(H2,29,31,32)/t17-,24-,26-,27+/m1/s1. The zero-order valence-electron chi connectivity index (χ0n) is 20.4. The van der Waals surface area contributed by atoms with Crippen molar-refractivity contribution in [1.29, 1.82) is 0 Å². The second-order valence-electron chi connectivity index (χ2n) is 11.1. The van der Waals surface area contributed by atoms with E-state index in [-0.39, 0.29) is 11.5 Å². The molecule has 0 radical (unpaired) electrons. The van der Waals surface area contributed by atoms with Gasteiger partial charge < -0.3 is 25.5 Å². The maximum Gasteiger partial charge on any atom is 0.176 e. The van der Waals surface area contributed by atoms with Crippen molar-refractivity contribution in [2.24, 2.45) is 11.3 Å². The number of nitrogen functional groups attached to an aromatic ring is 2. The Labute approximate surface area is 214 Å². The number of hydrogen-bond donors (Lipinski definition) is 2. The quantitative estimate of drug-likeness (QED) is 0.400. The van der Waals surface area contributed by atoms with Gasteiger partial charge in [-0.15, -0.1) is 0 Å². The molecule has 186 valence electrons. The van der Waals surface area contributed by atoms with Gasteiger partial charge in [0.1, 0.15) is 29.7 Å². The smallest absolute Gasteiger partial charge is 0.176 e. The van der Waals surface area contributed by atoms with Crippen LogP contribution in [0.3, 0.4) is 0 Å². The molecule has 0 bridgehead atoms. The third-order valence-corrected chi connectivity index (χ3v) is 9.03. The van der Waals surface area contributed by atoms with E-state index >= 15 is 0 Å². The summed E-state index contributed by atoms with van der Waals surface area (Å²) in [6.45, 7) is 4.02. The molecular weight excluding hydrogens is 476 g/mol. The summed E-state index contributed by atoms with van der Waals surface area (Å²) in [6, 6.07) is 10.2. The molecule has 4 atom stereocenters. The summed E-state index contributed by atoms with van der Waals surface area (Å²) in [6.07, 6.45) is 8.60. The van der Waals surface area contributed by atoms with Crippen LogP contribution < -0.4 is 11.5 Å². The van der Waals surface area contributed by atoms with Gasteiger partial charge in [-0.25, -0.2) is 15.0 Å². The van der Waals surface area contributed by atoms with Crippen molar-refractivity contribution in [3.63, 3.8) is 0 Å². The molecule has 1 saturated heterocycles. The molecule has 3 fully saturated rings. The molecule has 0 amide bonds. The first-order chi connectivity index (χ1) is 17.2. The normalized spacial score (nSPS) is 30.4. The summed E-state index contributed by atoms with van der Waals surface area (Å²) in [7, 11) is 0. The highest BCUT2D eigenvalue weighted by molar-refractivity contribution is 6.33. The minimum Gasteiger partial charge on any atom is -0.383 e. The number of hydrogen-bond acceptors (Lipinski definition) is 7. The Bertz CT molecular complexity index is 1540. The third-order valence-electron chi connectivity index (χ3n) is 8.73. The Hall–Kier alpha value is -2.94. The number of ether oxygens (including phenoxy) is 2. The first-order valence-corrected chi connectivity index (χ1v) is 12.9. The molecule has 1 aliphatic heterocycles. The van der Waals surface area contributed by atoms with Crippen LogP contribution in [0.5, 0.6) is 0 Å². The minimum absolute atomic E-state index is 0.0321. The maximum absolute atomic E-state index is 6.80. The fourth-order valence-corrected chi connectivity index (χ4v) is 7.22. The molecule has 0 unspecified atom stereocenters. The number of nitrogens with zero attached hydrogens (tertiary/aromatic N) is 4. The van der Waals surface area contributed by atoms with Gasteiger partial charge in [0.25, 0.3) is 0 Å². The van der Waals surface area contributed by atoms with Gasteiger partial charge >= 0.3 is 0 Å². The molecule has 36 heavy (non-hydrogen) atoms. The van der Waals surface area contributed by atoms with E-state index in [2.05, 4.69) is 37.7 Å². The van der Waals surface area contributed by atoms with Crippen LogP contribution in [0.2, 0.25) is 5.02 Å². The summed E-state index contributed by atoms with van der Waals surface area (Å²) in [5.41, 5.74) is 14.4. The van der Waals surface area contributed by atoms with E-state index in [1.165, 1.54) is 18.3 Å². The molecule has 3 aliphatic rings. The highest BCUT2D eigenvalue weighted by atomic mass is 35.5. The molecule has 4 aromatic rings. The SMILES string of the molecule is CC1(C)O[C@@H]2[C@]3(CCc4ccc5cc(Cl)c(N)nc5c4)CC[C@@H]3C[C@]2(n2ccc3c(N)ncnc32)O1. The van der Waals surface area contributed by atoms with E-state index in [0.29, 0.717) is 22.6 Å². The van der Waals surface area contributed by atoms with Crippen LogP contribution in [-0.4, -0.2) is 31.4 Å². The highest BCUT2D eigenvalue weighted by Crippen LogP contribution is 2.69. The lowest BCUT2D eigenvalue weighted by Gasteiger charge is -2.48. The second kappa shape index (κ2) is 7.31. The van der Waals surface area contributed by atoms with Crippen molar-refractivity contribution < 1.29 is 9.47 Å². The molecule has 4 heterocycles. The fraction of sp³-hybridized carbons (Fsp3) is 0.444. The number of anilines is 2. The molecule has 4 N–H and O–H groups in total. The summed E-state index contributed by atoms with van der Waals surface area (Å²) < 4.78 is 15.7. The Balaban J connectivity index is 1.25. The van der Waals surface area contributed by atoms with Crippen molar-refractivity contribution >= 4 is 45.2 Å². The minimum atomic E-state index is -0.697. The van der Waals surface area contributed by atoms with E-state index in [4.69, 9.17) is 32.5 Å². The lowest BCUT2D eigenvalue weighted by molar-refractivity contribution is -0.203. The van der Waals surface area contributed by atoms with E-state index in [9.17, 15) is 0 Å². The van der Waals surface area contributed by atoms with Crippen LogP contribution >= 0.6 is 11.6 Å². The Morgan fingerprint density at radius 3 is 2.81 bits per heavy atom. The van der Waals surface area contributed by atoms with Gasteiger partial charge in [0, 0.05) is 23.4 Å². The average Bonchev–Trinajstić information content (AvgIpc) is 3.42. The zero-order chi connectivity index (χ0) is 24.9. The molecule has 8 nitrogen and oxygen atoms in total. The van der Waals surface area contributed by atoms with Gasteiger partial charge in [-0.1, -0.05) is 23.7 Å². The van der Waals surface area contributed by atoms with E-state index in [1.807, 2.05) is 32.2 Å². The summed E-state index contributed by atoms with van der Waals surface area (Å²) >= 11 is 6.16. The fourth-order valence-electron chi connectivity index (χ4n) is 7.06. The van der Waals surface area contributed by atoms with Crippen LogP contribution in [0, 0.1) is 11.3 Å². The Kier molecular flexibility index (Phi) is 4.52. The monoisotopic (exact) mass is 504 g/mol. The largest absolute Gasteiger partial charge is 0.383 e. The van der Waals surface area contributed by atoms with Crippen LogP contribution in [-0.2, 0) is 21.6 Å². The molecule has 2 saturated carbocycles. The average molecular weight is 505 g/mol. The van der Waals surface area contributed by atoms with E-state index in [1.54, 1.807) is 0 Å². The number of benzene rings is 1. The number of aromatic nitrogens is 4. The molecule has 2 aliphatic carbocycles. The number of rotatable bonds is 4. The van der Waals surface area contributed by atoms with Crippen molar-refractivity contribution in [3.05, 3.63) is 53.4 Å². The van der Waals surface area contributed by atoms with Gasteiger partial charge in [-0.05, 0) is 69.2 Å². The number of nitrogens with two attached hydrogens (primary N) is 2. The van der Waals surface area contributed by atoms with E-state index in [0.717, 1.165) is 47.6 Å². The highest BCUT2D eigenvalue weighted by Gasteiger charge is 2.73. The number of fused-ring (bicyclic) bond motifs is 5. The summed E-state index contributed by atoms with van der Waals surface area (Å²) in [4.78, 5) is 13.2. The van der Waals surface area contributed by atoms with Gasteiger partial charge in [0.15, 0.2) is 11.5 Å². The molecule has 1 aromatic carbocycles. The van der Waals surface area contributed by atoms with E-state index < -0.39 is 11.5 Å². The van der Waals surface area contributed by atoms with Crippen molar-refractivity contribution in [3.8, 4) is 0 Å². The zero-order valence-corrected chi connectivity index (χ0v) is 21.1. The van der Waals surface area contributed by atoms with Crippen LogP contribution in [0.25, 0.3) is 21.9 Å². The molecular formula is C27H29ClN6O2. The lowest BCUT2D eigenvalue weighted by Crippen LogP contribution is -2.49. The lowest BCUT2D eigenvalue weighted by atomic mass is 9.58. The number of pyridine rings is 1. The Morgan fingerprint density at radius 1 is 1.14 bits per heavy atom. The number of aryl methyl sites for hydroxylation is 1. The van der Waals surface area contributed by atoms with Crippen LogP contribution in [0.15, 0.2) is 42.9 Å². The molecule has 9 heteroatoms. The first-order valence-electron chi connectivity index (χ1n) is 12.5. The first kappa shape index (κ1) is 22.3. The van der Waals surface area contributed by atoms with Crippen LogP contribution in [0.1, 0.15) is 45.1 Å². The van der Waals surface area contributed by atoms with Crippen molar-refractivity contribution in [1.82, 2.24) is 19.5 Å².